The van der Waals surface area contributed by atoms with Crippen molar-refractivity contribution in [2.24, 2.45) is 0 Å². The molecule has 0 radical (unpaired) electrons. The summed E-state index contributed by atoms with van der Waals surface area (Å²) in [5.41, 5.74) is 1.26. The van der Waals surface area contributed by atoms with Crippen LogP contribution in [-0.2, 0) is 12.8 Å². The van der Waals surface area contributed by atoms with Gasteiger partial charge >= 0.3 is 0 Å². The van der Waals surface area contributed by atoms with Crippen molar-refractivity contribution in [3.05, 3.63) is 82.3 Å². The molecule has 3 heterocycles. The molecule has 5 heteroatoms. The average Bonchev–Trinajstić information content (AvgIpc) is 3.53. The highest BCUT2D eigenvalue weighted by Gasteiger charge is 2.14. The lowest BCUT2D eigenvalue weighted by molar-refractivity contribution is 0.174. The number of aryl methyl sites for hydroxylation is 2. The average molecular weight is 457 g/mol. The highest BCUT2D eigenvalue weighted by Crippen LogP contribution is 2.38. The summed E-state index contributed by atoms with van der Waals surface area (Å²) in [6, 6.07) is 23.2. The summed E-state index contributed by atoms with van der Waals surface area (Å²) in [5.74, 6) is 1.67. The summed E-state index contributed by atoms with van der Waals surface area (Å²) in [7, 11) is 0. The second-order valence-corrected chi connectivity index (χ2v) is 10.4. The third kappa shape index (κ3) is 2.89. The Morgan fingerprint density at radius 2 is 1.38 bits per heavy atom. The van der Waals surface area contributed by atoms with Crippen LogP contribution in [0.3, 0.4) is 0 Å². The van der Waals surface area contributed by atoms with Crippen molar-refractivity contribution >= 4 is 64.4 Å². The highest BCUT2D eigenvalue weighted by atomic mass is 32.1. The van der Waals surface area contributed by atoms with Gasteiger partial charge in [0.15, 0.2) is 16.6 Å². The second-order valence-electron chi connectivity index (χ2n) is 8.20. The fraction of sp³-hybridized carbons (Fsp3) is 0.111. The molecule has 4 aromatic carbocycles. The van der Waals surface area contributed by atoms with E-state index >= 15 is 0 Å². The molecule has 0 saturated heterocycles. The van der Waals surface area contributed by atoms with E-state index in [0.717, 1.165) is 45.2 Å². The molecule has 0 amide bonds. The first-order valence-electron chi connectivity index (χ1n) is 10.6. The van der Waals surface area contributed by atoms with Gasteiger partial charge in [0.1, 0.15) is 0 Å². The normalized spacial score (nSPS) is 13.2. The van der Waals surface area contributed by atoms with Gasteiger partial charge in [-0.2, -0.15) is 4.39 Å². The zero-order valence-electron chi connectivity index (χ0n) is 17.0. The van der Waals surface area contributed by atoms with E-state index in [1.54, 1.807) is 6.07 Å². The van der Waals surface area contributed by atoms with Gasteiger partial charge in [0.2, 0.25) is 6.79 Å². The van der Waals surface area contributed by atoms with E-state index in [2.05, 4.69) is 48.5 Å². The maximum atomic E-state index is 13.8. The van der Waals surface area contributed by atoms with Gasteiger partial charge in [-0.3, -0.25) is 0 Å². The van der Waals surface area contributed by atoms with Gasteiger partial charge in [-0.05, 0) is 88.5 Å². The number of benzene rings is 4. The Morgan fingerprint density at radius 1 is 0.656 bits per heavy atom. The molecule has 0 fully saturated rings. The van der Waals surface area contributed by atoms with E-state index in [1.807, 2.05) is 23.5 Å². The molecule has 2 aromatic heterocycles. The van der Waals surface area contributed by atoms with Gasteiger partial charge in [-0.25, -0.2) is 0 Å². The van der Waals surface area contributed by atoms with Crippen molar-refractivity contribution in [2.45, 2.75) is 12.8 Å². The Balaban J connectivity index is 1.28. The number of thiophene rings is 2. The lowest BCUT2D eigenvalue weighted by atomic mass is 9.99. The molecule has 0 N–H and O–H groups in total. The monoisotopic (exact) mass is 456 g/mol. The van der Waals surface area contributed by atoms with Crippen LogP contribution in [0.1, 0.15) is 10.4 Å². The molecule has 0 atom stereocenters. The summed E-state index contributed by atoms with van der Waals surface area (Å²) in [5, 5.41) is 6.90. The number of hydrogen-bond acceptors (Lipinski definition) is 4. The van der Waals surface area contributed by atoms with Crippen LogP contribution in [-0.4, -0.2) is 6.79 Å². The maximum Gasteiger partial charge on any atom is 0.231 e. The zero-order valence-corrected chi connectivity index (χ0v) is 18.6. The van der Waals surface area contributed by atoms with E-state index < -0.39 is 0 Å². The van der Waals surface area contributed by atoms with Crippen LogP contribution in [0.25, 0.3) is 41.7 Å². The van der Waals surface area contributed by atoms with Crippen molar-refractivity contribution in [3.8, 4) is 11.5 Å². The number of rotatable bonds is 3. The van der Waals surface area contributed by atoms with Crippen molar-refractivity contribution in [3.63, 3.8) is 0 Å². The summed E-state index contributed by atoms with van der Waals surface area (Å²) in [4.78, 5) is 1.38. The fourth-order valence-corrected chi connectivity index (χ4v) is 6.57. The predicted octanol–water partition coefficient (Wildman–Crippen LogP) is 8.08. The molecule has 1 aliphatic heterocycles. The molecule has 0 bridgehead atoms. The van der Waals surface area contributed by atoms with Crippen LogP contribution in [0.5, 0.6) is 11.5 Å². The maximum absolute atomic E-state index is 13.8. The molecular weight excluding hydrogens is 439 g/mol. The number of fused-ring (bicyclic) bond motifs is 7. The van der Waals surface area contributed by atoms with Crippen molar-refractivity contribution in [2.75, 3.05) is 6.79 Å². The minimum absolute atomic E-state index is 0.131. The van der Waals surface area contributed by atoms with Crippen molar-refractivity contribution in [1.29, 1.82) is 0 Å². The van der Waals surface area contributed by atoms with Gasteiger partial charge in [-0.1, -0.05) is 18.2 Å². The summed E-state index contributed by atoms with van der Waals surface area (Å²) < 4.78 is 27.1. The standard InChI is InChI=1S/C27H17FO2S2/c28-27-13-22-20-11-16-3-7-25-21(19(16)10-17(20)4-8-26(22)32-27)12-18(31-25)5-1-15-2-6-23-24(9-15)30-14-29-23/h2-4,6-13H,1,5,14H2. The summed E-state index contributed by atoms with van der Waals surface area (Å²) in [6.07, 6.45) is 1.95. The minimum atomic E-state index is -0.131. The molecule has 0 saturated carbocycles. The van der Waals surface area contributed by atoms with Gasteiger partial charge in [0, 0.05) is 25.0 Å². The third-order valence-electron chi connectivity index (χ3n) is 6.27. The Morgan fingerprint density at radius 3 is 2.19 bits per heavy atom. The van der Waals surface area contributed by atoms with Crippen LogP contribution < -0.4 is 9.47 Å². The van der Waals surface area contributed by atoms with Crippen LogP contribution in [0.15, 0.2) is 66.7 Å². The fourth-order valence-electron chi connectivity index (χ4n) is 4.69. The molecule has 1 aliphatic rings. The molecule has 32 heavy (non-hydrogen) atoms. The topological polar surface area (TPSA) is 18.5 Å². The molecule has 7 rings (SSSR count). The van der Waals surface area contributed by atoms with Gasteiger partial charge in [-0.15, -0.1) is 22.7 Å². The Kier molecular flexibility index (Phi) is 3.99. The number of hydrogen-bond donors (Lipinski definition) is 0. The molecule has 0 spiro atoms. The predicted molar refractivity (Wildman–Crippen MR) is 132 cm³/mol. The van der Waals surface area contributed by atoms with Gasteiger partial charge in [0.05, 0.1) is 0 Å². The Bertz CT molecular complexity index is 1680. The third-order valence-corrected chi connectivity index (χ3v) is 8.32. The van der Waals surface area contributed by atoms with E-state index in [9.17, 15) is 4.39 Å². The van der Waals surface area contributed by atoms with Crippen molar-refractivity contribution in [1.82, 2.24) is 0 Å². The quantitative estimate of drug-likeness (QED) is 0.251. The van der Waals surface area contributed by atoms with Gasteiger partial charge in [0.25, 0.3) is 0 Å². The largest absolute Gasteiger partial charge is 0.454 e. The molecule has 0 aliphatic carbocycles. The molecule has 156 valence electrons. The lowest BCUT2D eigenvalue weighted by Gasteiger charge is -2.05. The van der Waals surface area contributed by atoms with Crippen molar-refractivity contribution < 1.29 is 13.9 Å². The smallest absolute Gasteiger partial charge is 0.231 e. The summed E-state index contributed by atoms with van der Waals surface area (Å²) in [6.45, 7) is 0.309. The number of halogens is 1. The minimum Gasteiger partial charge on any atom is -0.454 e. The first kappa shape index (κ1) is 18.4. The highest BCUT2D eigenvalue weighted by molar-refractivity contribution is 7.19. The van der Waals surface area contributed by atoms with Crippen LogP contribution in [0.2, 0.25) is 0 Å². The summed E-state index contributed by atoms with van der Waals surface area (Å²) >= 11 is 3.07. The Hall–Kier alpha value is -3.15. The van der Waals surface area contributed by atoms with E-state index in [4.69, 9.17) is 9.47 Å². The lowest BCUT2D eigenvalue weighted by Crippen LogP contribution is -1.93. The molecule has 0 unspecified atom stereocenters. The van der Waals surface area contributed by atoms with Crippen LogP contribution >= 0.6 is 22.7 Å². The molecule has 6 aromatic rings. The molecular formula is C27H17FO2S2. The van der Waals surface area contributed by atoms with Crippen LogP contribution in [0.4, 0.5) is 4.39 Å². The van der Waals surface area contributed by atoms with E-state index in [0.29, 0.717) is 6.79 Å². The first-order chi connectivity index (χ1) is 15.7. The Labute approximate surface area is 191 Å². The first-order valence-corrected chi connectivity index (χ1v) is 12.2. The van der Waals surface area contributed by atoms with Crippen LogP contribution in [0, 0.1) is 5.13 Å². The molecule has 2 nitrogen and oxygen atoms in total. The number of ether oxygens (including phenoxy) is 2. The SMILES string of the molecule is Fc1cc2c(ccc3cc4c(ccc5sc(CCc6ccc7c(c6)OCO7)cc54)cc32)s1. The second kappa shape index (κ2) is 6.92. The van der Waals surface area contributed by atoms with E-state index in [-0.39, 0.29) is 5.13 Å². The van der Waals surface area contributed by atoms with Gasteiger partial charge < -0.3 is 9.47 Å². The van der Waals surface area contributed by atoms with E-state index in [1.165, 1.54) is 42.6 Å². The zero-order chi connectivity index (χ0) is 21.2.